The minimum absolute atomic E-state index is 0.0430. The second-order valence-corrected chi connectivity index (χ2v) is 5.74. The summed E-state index contributed by atoms with van der Waals surface area (Å²) >= 11 is 0. The van der Waals surface area contributed by atoms with Gasteiger partial charge in [-0.1, -0.05) is 19.8 Å². The number of nitrogens with one attached hydrogen (secondary N) is 1. The van der Waals surface area contributed by atoms with Crippen LogP contribution in [0.15, 0.2) is 18.2 Å². The average Bonchev–Trinajstić information content (AvgIpc) is 2.82. The van der Waals surface area contributed by atoms with Crippen molar-refractivity contribution in [1.82, 2.24) is 0 Å². The molecule has 1 N–H and O–H groups in total. The summed E-state index contributed by atoms with van der Waals surface area (Å²) < 4.78 is 37.8. The van der Waals surface area contributed by atoms with Crippen molar-refractivity contribution in [1.29, 1.82) is 5.26 Å². The quantitative estimate of drug-likeness (QED) is 0.881. The van der Waals surface area contributed by atoms with Crippen LogP contribution in [0.2, 0.25) is 0 Å². The molecule has 2 rings (SSSR count). The van der Waals surface area contributed by atoms with Crippen LogP contribution in [0.4, 0.5) is 18.9 Å². The Morgan fingerprint density at radius 2 is 1.95 bits per heavy atom. The van der Waals surface area contributed by atoms with Crippen LogP contribution in [0.3, 0.4) is 0 Å². The topological polar surface area (TPSA) is 35.8 Å². The molecule has 1 saturated carbocycles. The highest BCUT2D eigenvalue weighted by atomic mass is 19.4. The molecule has 20 heavy (non-hydrogen) atoms. The second kappa shape index (κ2) is 5.35. The average molecular weight is 282 g/mol. The fourth-order valence-electron chi connectivity index (χ4n) is 2.68. The Labute approximate surface area is 116 Å². The molecule has 1 aromatic carbocycles. The van der Waals surface area contributed by atoms with Crippen LogP contribution in [0, 0.1) is 16.7 Å². The van der Waals surface area contributed by atoms with Crippen molar-refractivity contribution >= 4 is 5.69 Å². The number of anilines is 1. The van der Waals surface area contributed by atoms with Gasteiger partial charge in [-0.15, -0.1) is 0 Å². The molecule has 1 fully saturated rings. The number of hydrogen-bond acceptors (Lipinski definition) is 2. The van der Waals surface area contributed by atoms with Crippen molar-refractivity contribution in [3.63, 3.8) is 0 Å². The molecule has 2 nitrogen and oxygen atoms in total. The summed E-state index contributed by atoms with van der Waals surface area (Å²) in [5, 5.41) is 12.1. The number of alkyl halides is 3. The van der Waals surface area contributed by atoms with Gasteiger partial charge in [-0.2, -0.15) is 18.4 Å². The predicted octanol–water partition coefficient (Wildman–Crippen LogP) is 4.57. The van der Waals surface area contributed by atoms with Crippen LogP contribution in [0.5, 0.6) is 0 Å². The number of rotatable bonds is 3. The molecule has 0 heterocycles. The maximum Gasteiger partial charge on any atom is 0.416 e. The smallest absolute Gasteiger partial charge is 0.383 e. The van der Waals surface area contributed by atoms with Gasteiger partial charge < -0.3 is 5.32 Å². The molecule has 1 aliphatic rings. The molecule has 0 amide bonds. The fraction of sp³-hybridized carbons (Fsp3) is 0.533. The number of benzene rings is 1. The molecule has 0 atom stereocenters. The summed E-state index contributed by atoms with van der Waals surface area (Å²) in [6.45, 7) is 2.86. The molecule has 1 aliphatic carbocycles. The summed E-state index contributed by atoms with van der Waals surface area (Å²) in [5.74, 6) is 0. The van der Waals surface area contributed by atoms with E-state index in [1.165, 1.54) is 18.9 Å². The van der Waals surface area contributed by atoms with Gasteiger partial charge in [0.25, 0.3) is 0 Å². The molecule has 108 valence electrons. The van der Waals surface area contributed by atoms with E-state index in [4.69, 9.17) is 5.26 Å². The Kier molecular flexibility index (Phi) is 3.94. The van der Waals surface area contributed by atoms with Crippen molar-refractivity contribution in [2.75, 3.05) is 11.9 Å². The monoisotopic (exact) mass is 282 g/mol. The van der Waals surface area contributed by atoms with E-state index in [2.05, 4.69) is 12.2 Å². The lowest BCUT2D eigenvalue weighted by Crippen LogP contribution is -2.23. The third-order valence-corrected chi connectivity index (χ3v) is 3.98. The first-order valence-corrected chi connectivity index (χ1v) is 6.69. The van der Waals surface area contributed by atoms with E-state index in [1.807, 2.05) is 6.07 Å². The Morgan fingerprint density at radius 3 is 2.50 bits per heavy atom. The van der Waals surface area contributed by atoms with Gasteiger partial charge in [0.2, 0.25) is 0 Å². The Hall–Kier alpha value is -1.70. The summed E-state index contributed by atoms with van der Waals surface area (Å²) in [7, 11) is 0. The van der Waals surface area contributed by atoms with Gasteiger partial charge in [0.15, 0.2) is 0 Å². The minimum atomic E-state index is -4.42. The summed E-state index contributed by atoms with van der Waals surface area (Å²) in [6, 6.07) is 5.10. The van der Waals surface area contributed by atoms with E-state index in [9.17, 15) is 13.2 Å². The zero-order valence-electron chi connectivity index (χ0n) is 11.3. The first kappa shape index (κ1) is 14.7. The normalized spacial score (nSPS) is 17.8. The van der Waals surface area contributed by atoms with Crippen molar-refractivity contribution in [2.45, 2.75) is 38.8 Å². The van der Waals surface area contributed by atoms with Crippen molar-refractivity contribution in [3.05, 3.63) is 29.3 Å². The standard InChI is InChI=1S/C15H17F3N2/c1-14(6-2-3-7-14)10-20-13-5-4-12(15(16,17)18)8-11(13)9-19/h4-5,8,20H,2-3,6-7,10H2,1H3. The SMILES string of the molecule is CC1(CNc2ccc(C(F)(F)F)cc2C#N)CCCC1. The molecule has 5 heteroatoms. The lowest BCUT2D eigenvalue weighted by atomic mass is 9.89. The van der Waals surface area contributed by atoms with Gasteiger partial charge in [-0.25, -0.2) is 0 Å². The minimum Gasteiger partial charge on any atom is -0.383 e. The van der Waals surface area contributed by atoms with Gasteiger partial charge in [-0.3, -0.25) is 0 Å². The molecular weight excluding hydrogens is 265 g/mol. The molecular formula is C15H17F3N2. The number of nitriles is 1. The summed E-state index contributed by atoms with van der Waals surface area (Å²) in [4.78, 5) is 0. The molecule has 1 aromatic rings. The van der Waals surface area contributed by atoms with Gasteiger partial charge in [0.1, 0.15) is 6.07 Å². The van der Waals surface area contributed by atoms with E-state index in [0.717, 1.165) is 25.0 Å². The molecule has 0 radical (unpaired) electrons. The maximum atomic E-state index is 12.6. The van der Waals surface area contributed by atoms with Gasteiger partial charge >= 0.3 is 6.18 Å². The van der Waals surface area contributed by atoms with E-state index in [1.54, 1.807) is 0 Å². The lowest BCUT2D eigenvalue weighted by molar-refractivity contribution is -0.137. The van der Waals surface area contributed by atoms with Crippen LogP contribution in [-0.2, 0) is 6.18 Å². The van der Waals surface area contributed by atoms with Gasteiger partial charge in [0.05, 0.1) is 16.8 Å². The van der Waals surface area contributed by atoms with Crippen LogP contribution < -0.4 is 5.32 Å². The summed E-state index contributed by atoms with van der Waals surface area (Å²) in [6.07, 6.45) is 0.194. The Balaban J connectivity index is 2.14. The Bertz CT molecular complexity index is 523. The van der Waals surface area contributed by atoms with Crippen LogP contribution in [0.1, 0.15) is 43.7 Å². The van der Waals surface area contributed by atoms with Crippen molar-refractivity contribution < 1.29 is 13.2 Å². The number of halogens is 3. The third-order valence-electron chi connectivity index (χ3n) is 3.98. The van der Waals surface area contributed by atoms with Crippen molar-refractivity contribution in [3.8, 4) is 6.07 Å². The Morgan fingerprint density at radius 1 is 1.30 bits per heavy atom. The van der Waals surface area contributed by atoms with Gasteiger partial charge in [0, 0.05) is 6.54 Å². The van der Waals surface area contributed by atoms with E-state index < -0.39 is 11.7 Å². The van der Waals surface area contributed by atoms with E-state index in [-0.39, 0.29) is 11.0 Å². The number of hydrogen-bond donors (Lipinski definition) is 1. The van der Waals surface area contributed by atoms with Crippen molar-refractivity contribution in [2.24, 2.45) is 5.41 Å². The maximum absolute atomic E-state index is 12.6. The zero-order chi connectivity index (χ0) is 14.8. The van der Waals surface area contributed by atoms with Gasteiger partial charge in [-0.05, 0) is 36.5 Å². The highest BCUT2D eigenvalue weighted by molar-refractivity contribution is 5.59. The molecule has 0 unspecified atom stereocenters. The molecule has 0 spiro atoms. The zero-order valence-corrected chi connectivity index (χ0v) is 11.3. The third kappa shape index (κ3) is 3.24. The highest BCUT2D eigenvalue weighted by Crippen LogP contribution is 2.38. The molecule has 0 aromatic heterocycles. The molecule has 0 saturated heterocycles. The first-order chi connectivity index (χ1) is 9.34. The van der Waals surface area contributed by atoms with E-state index >= 15 is 0 Å². The lowest BCUT2D eigenvalue weighted by Gasteiger charge is -2.24. The molecule has 0 aliphatic heterocycles. The summed E-state index contributed by atoms with van der Waals surface area (Å²) in [5.41, 5.74) is -0.0863. The van der Waals surface area contributed by atoms with Crippen LogP contribution in [-0.4, -0.2) is 6.54 Å². The predicted molar refractivity (Wildman–Crippen MR) is 71.2 cm³/mol. The largest absolute Gasteiger partial charge is 0.416 e. The van der Waals surface area contributed by atoms with Crippen LogP contribution in [0.25, 0.3) is 0 Å². The molecule has 0 bridgehead atoms. The second-order valence-electron chi connectivity index (χ2n) is 5.74. The fourth-order valence-corrected chi connectivity index (χ4v) is 2.68. The first-order valence-electron chi connectivity index (χ1n) is 6.69. The number of nitrogens with zero attached hydrogens (tertiary/aromatic N) is 1. The van der Waals surface area contributed by atoms with E-state index in [0.29, 0.717) is 12.2 Å². The van der Waals surface area contributed by atoms with Crippen LogP contribution >= 0.6 is 0 Å². The highest BCUT2D eigenvalue weighted by Gasteiger charge is 2.32.